The van der Waals surface area contributed by atoms with Crippen molar-refractivity contribution in [2.75, 3.05) is 6.61 Å². The van der Waals surface area contributed by atoms with Crippen LogP contribution < -0.4 is 5.32 Å². The second-order valence-corrected chi connectivity index (χ2v) is 5.62. The molecule has 20 heavy (non-hydrogen) atoms. The summed E-state index contributed by atoms with van der Waals surface area (Å²) < 4.78 is 1.67. The van der Waals surface area contributed by atoms with Crippen molar-refractivity contribution in [1.82, 2.24) is 19.9 Å². The van der Waals surface area contributed by atoms with Crippen molar-refractivity contribution in [3.8, 4) is 0 Å². The number of aryl methyl sites for hydroxylation is 2. The summed E-state index contributed by atoms with van der Waals surface area (Å²) in [6.45, 7) is 7.51. The van der Waals surface area contributed by atoms with Crippen LogP contribution in [-0.4, -0.2) is 37.8 Å². The maximum atomic E-state index is 12.3. The molecule has 0 radical (unpaired) electrons. The molecule has 2 aromatic rings. The van der Waals surface area contributed by atoms with Crippen LogP contribution in [0.5, 0.6) is 0 Å². The van der Waals surface area contributed by atoms with E-state index in [1.54, 1.807) is 10.7 Å². The van der Waals surface area contributed by atoms with Crippen LogP contribution in [0.2, 0.25) is 0 Å². The minimum absolute atomic E-state index is 0.0297. The Balaban J connectivity index is 2.33. The maximum absolute atomic E-state index is 12.3. The van der Waals surface area contributed by atoms with Crippen LogP contribution in [0.1, 0.15) is 42.0 Å². The average molecular weight is 276 g/mol. The third-order valence-electron chi connectivity index (χ3n) is 3.28. The minimum atomic E-state index is -0.465. The van der Waals surface area contributed by atoms with E-state index in [0.29, 0.717) is 12.0 Å². The molecular formula is C14H20N4O2. The molecule has 0 aromatic carbocycles. The molecule has 0 saturated heterocycles. The predicted octanol–water partition coefficient (Wildman–Crippen LogP) is 1.24. The van der Waals surface area contributed by atoms with Gasteiger partial charge in [-0.1, -0.05) is 0 Å². The van der Waals surface area contributed by atoms with Gasteiger partial charge in [-0.15, -0.1) is 0 Å². The lowest BCUT2D eigenvalue weighted by molar-refractivity contribution is 0.0898. The molecule has 0 fully saturated rings. The van der Waals surface area contributed by atoms with Crippen LogP contribution in [-0.2, 0) is 0 Å². The third kappa shape index (κ3) is 2.80. The number of aromatic nitrogens is 3. The van der Waals surface area contributed by atoms with Gasteiger partial charge in [0.25, 0.3) is 5.91 Å². The average Bonchev–Trinajstić information content (AvgIpc) is 2.70. The standard InChI is InChI=1S/C14H20N4O2/c1-9-7-12-15-8-11(10(2)18(12)17-9)13(20)16-14(3,4)5-6-19/h7-8,19H,5-6H2,1-4H3,(H,16,20). The maximum Gasteiger partial charge on any atom is 0.255 e. The summed E-state index contributed by atoms with van der Waals surface area (Å²) in [7, 11) is 0. The highest BCUT2D eigenvalue weighted by Crippen LogP contribution is 2.14. The Bertz CT molecular complexity index is 646. The Morgan fingerprint density at radius 2 is 2.15 bits per heavy atom. The lowest BCUT2D eigenvalue weighted by atomic mass is 10.0. The Kier molecular flexibility index (Phi) is 3.76. The van der Waals surface area contributed by atoms with Gasteiger partial charge in [0.15, 0.2) is 5.65 Å². The molecule has 0 aliphatic heterocycles. The number of hydrogen-bond acceptors (Lipinski definition) is 4. The molecule has 0 saturated carbocycles. The molecule has 0 aliphatic rings. The summed E-state index contributed by atoms with van der Waals surface area (Å²) in [5.41, 5.74) is 2.37. The second kappa shape index (κ2) is 5.20. The first-order valence-electron chi connectivity index (χ1n) is 6.59. The highest BCUT2D eigenvalue weighted by molar-refractivity contribution is 5.95. The van der Waals surface area contributed by atoms with Crippen LogP contribution in [0.4, 0.5) is 0 Å². The van der Waals surface area contributed by atoms with Gasteiger partial charge in [0.05, 0.1) is 17.0 Å². The zero-order chi connectivity index (χ0) is 14.9. The van der Waals surface area contributed by atoms with E-state index < -0.39 is 5.54 Å². The van der Waals surface area contributed by atoms with Gasteiger partial charge in [-0.3, -0.25) is 4.79 Å². The fourth-order valence-corrected chi connectivity index (χ4v) is 2.10. The number of hydrogen-bond donors (Lipinski definition) is 2. The van der Waals surface area contributed by atoms with E-state index in [1.165, 1.54) is 0 Å². The fourth-order valence-electron chi connectivity index (χ4n) is 2.10. The van der Waals surface area contributed by atoms with Gasteiger partial charge in [0.2, 0.25) is 0 Å². The first kappa shape index (κ1) is 14.5. The van der Waals surface area contributed by atoms with E-state index >= 15 is 0 Å². The second-order valence-electron chi connectivity index (χ2n) is 5.62. The van der Waals surface area contributed by atoms with E-state index in [9.17, 15) is 4.79 Å². The highest BCUT2D eigenvalue weighted by atomic mass is 16.3. The van der Waals surface area contributed by atoms with Crippen molar-refractivity contribution in [3.05, 3.63) is 29.2 Å². The number of nitrogens with one attached hydrogen (secondary N) is 1. The number of amides is 1. The summed E-state index contributed by atoms with van der Waals surface area (Å²) in [5, 5.41) is 16.2. The molecule has 0 bridgehead atoms. The molecule has 108 valence electrons. The molecule has 0 spiro atoms. The van der Waals surface area contributed by atoms with Crippen molar-refractivity contribution in [2.24, 2.45) is 0 Å². The van der Waals surface area contributed by atoms with Crippen LogP contribution in [0.25, 0.3) is 5.65 Å². The Hall–Kier alpha value is -1.95. The first-order valence-corrected chi connectivity index (χ1v) is 6.59. The van der Waals surface area contributed by atoms with Gasteiger partial charge in [-0.05, 0) is 34.1 Å². The molecule has 0 aliphatic carbocycles. The summed E-state index contributed by atoms with van der Waals surface area (Å²) >= 11 is 0. The minimum Gasteiger partial charge on any atom is -0.396 e. The summed E-state index contributed by atoms with van der Waals surface area (Å²) in [6.07, 6.45) is 2.06. The lowest BCUT2D eigenvalue weighted by Crippen LogP contribution is -2.44. The first-order chi connectivity index (χ1) is 9.34. The number of fused-ring (bicyclic) bond motifs is 1. The van der Waals surface area contributed by atoms with Crippen molar-refractivity contribution in [3.63, 3.8) is 0 Å². The number of aliphatic hydroxyl groups is 1. The number of carbonyl (C=O) groups excluding carboxylic acids is 1. The Morgan fingerprint density at radius 3 is 2.80 bits per heavy atom. The van der Waals surface area contributed by atoms with E-state index in [-0.39, 0.29) is 12.5 Å². The van der Waals surface area contributed by atoms with Gasteiger partial charge in [0, 0.05) is 24.4 Å². The van der Waals surface area contributed by atoms with Crippen LogP contribution in [0.3, 0.4) is 0 Å². The molecule has 0 atom stereocenters. The zero-order valence-corrected chi connectivity index (χ0v) is 12.3. The lowest BCUT2D eigenvalue weighted by Gasteiger charge is -2.25. The molecule has 1 amide bonds. The zero-order valence-electron chi connectivity index (χ0n) is 12.3. The molecule has 2 heterocycles. The molecule has 6 heteroatoms. The van der Waals surface area contributed by atoms with Crippen molar-refractivity contribution in [1.29, 1.82) is 0 Å². The molecule has 0 unspecified atom stereocenters. The summed E-state index contributed by atoms with van der Waals surface area (Å²) in [4.78, 5) is 16.6. The van der Waals surface area contributed by atoms with E-state index in [4.69, 9.17) is 5.11 Å². The monoisotopic (exact) mass is 276 g/mol. The number of carbonyl (C=O) groups is 1. The van der Waals surface area contributed by atoms with Gasteiger partial charge >= 0.3 is 0 Å². The fraction of sp³-hybridized carbons (Fsp3) is 0.500. The van der Waals surface area contributed by atoms with E-state index in [0.717, 1.165) is 17.0 Å². The highest BCUT2D eigenvalue weighted by Gasteiger charge is 2.22. The van der Waals surface area contributed by atoms with Gasteiger partial charge in [-0.25, -0.2) is 9.50 Å². The molecule has 2 aromatic heterocycles. The Labute approximate surface area is 117 Å². The van der Waals surface area contributed by atoms with Gasteiger partial charge in [0.1, 0.15) is 0 Å². The predicted molar refractivity (Wildman–Crippen MR) is 75.7 cm³/mol. The molecule has 2 rings (SSSR count). The third-order valence-corrected chi connectivity index (χ3v) is 3.28. The van der Waals surface area contributed by atoms with Gasteiger partial charge < -0.3 is 10.4 Å². The number of rotatable bonds is 4. The topological polar surface area (TPSA) is 79.5 Å². The summed E-state index contributed by atoms with van der Waals surface area (Å²) in [5.74, 6) is -0.205. The molecule has 2 N–H and O–H groups in total. The SMILES string of the molecule is Cc1cc2ncc(C(=O)NC(C)(C)CCO)c(C)n2n1. The normalized spacial score (nSPS) is 11.8. The van der Waals surface area contributed by atoms with Crippen molar-refractivity contribution >= 4 is 11.6 Å². The van der Waals surface area contributed by atoms with Gasteiger partial charge in [-0.2, -0.15) is 5.10 Å². The largest absolute Gasteiger partial charge is 0.396 e. The van der Waals surface area contributed by atoms with E-state index in [2.05, 4.69) is 15.4 Å². The quantitative estimate of drug-likeness (QED) is 0.880. The molecular weight excluding hydrogens is 256 g/mol. The molecule has 6 nitrogen and oxygen atoms in total. The number of aliphatic hydroxyl groups excluding tert-OH is 1. The van der Waals surface area contributed by atoms with Crippen molar-refractivity contribution < 1.29 is 9.90 Å². The van der Waals surface area contributed by atoms with Crippen LogP contribution in [0.15, 0.2) is 12.3 Å². The smallest absolute Gasteiger partial charge is 0.255 e. The van der Waals surface area contributed by atoms with Crippen molar-refractivity contribution in [2.45, 2.75) is 39.7 Å². The van der Waals surface area contributed by atoms with Crippen LogP contribution in [0, 0.1) is 13.8 Å². The number of nitrogens with zero attached hydrogens (tertiary/aromatic N) is 3. The van der Waals surface area contributed by atoms with Crippen LogP contribution >= 0.6 is 0 Å². The summed E-state index contributed by atoms with van der Waals surface area (Å²) in [6, 6.07) is 1.87. The Morgan fingerprint density at radius 1 is 1.45 bits per heavy atom. The van der Waals surface area contributed by atoms with E-state index in [1.807, 2.05) is 33.8 Å².